The van der Waals surface area contributed by atoms with Crippen molar-refractivity contribution in [3.8, 4) is 5.75 Å². The second kappa shape index (κ2) is 6.25. The first kappa shape index (κ1) is 14.8. The van der Waals surface area contributed by atoms with E-state index in [9.17, 15) is 9.18 Å². The molecular weight excluding hydrogens is 275 g/mol. The number of amides is 1. The van der Waals surface area contributed by atoms with E-state index in [0.29, 0.717) is 0 Å². The standard InChI is InChI=1S/C14H17FN4O2/c1-9(10-3-4-12(15)13(5-10)21-2)18-11-6-17-19(7-11)8-14(16)20/h3-7,9,18H,8H2,1-2H3,(H2,16,20). The summed E-state index contributed by atoms with van der Waals surface area (Å²) in [6.07, 6.45) is 3.28. The molecule has 0 radical (unpaired) electrons. The maximum atomic E-state index is 13.4. The van der Waals surface area contributed by atoms with Gasteiger partial charge in [-0.2, -0.15) is 5.10 Å². The van der Waals surface area contributed by atoms with Crippen LogP contribution in [0.25, 0.3) is 0 Å². The fourth-order valence-electron chi connectivity index (χ4n) is 1.96. The third-order valence-electron chi connectivity index (χ3n) is 3.01. The predicted molar refractivity (Wildman–Crippen MR) is 76.4 cm³/mol. The van der Waals surface area contributed by atoms with Crippen molar-refractivity contribution in [3.05, 3.63) is 42.0 Å². The van der Waals surface area contributed by atoms with E-state index < -0.39 is 11.7 Å². The summed E-state index contributed by atoms with van der Waals surface area (Å²) < 4.78 is 19.8. The van der Waals surface area contributed by atoms with E-state index in [1.165, 1.54) is 17.9 Å². The van der Waals surface area contributed by atoms with Crippen molar-refractivity contribution in [1.29, 1.82) is 0 Å². The number of hydrogen-bond acceptors (Lipinski definition) is 4. The van der Waals surface area contributed by atoms with Crippen LogP contribution in [-0.4, -0.2) is 22.8 Å². The molecule has 0 aliphatic carbocycles. The van der Waals surface area contributed by atoms with Crippen molar-refractivity contribution in [1.82, 2.24) is 9.78 Å². The lowest BCUT2D eigenvalue weighted by Gasteiger charge is -2.15. The Kier molecular flexibility index (Phi) is 4.42. The molecular formula is C14H17FN4O2. The average Bonchev–Trinajstić information content (AvgIpc) is 2.85. The van der Waals surface area contributed by atoms with Gasteiger partial charge in [0.2, 0.25) is 5.91 Å². The number of hydrogen-bond donors (Lipinski definition) is 2. The molecule has 1 aromatic heterocycles. The number of ether oxygens (including phenoxy) is 1. The second-order valence-corrected chi connectivity index (χ2v) is 4.65. The molecule has 1 atom stereocenters. The molecule has 0 bridgehead atoms. The number of aromatic nitrogens is 2. The van der Waals surface area contributed by atoms with Crippen molar-refractivity contribution in [2.75, 3.05) is 12.4 Å². The van der Waals surface area contributed by atoms with Crippen LogP contribution in [0.1, 0.15) is 18.5 Å². The molecule has 2 aromatic rings. The van der Waals surface area contributed by atoms with Gasteiger partial charge in [-0.1, -0.05) is 6.07 Å². The number of benzene rings is 1. The summed E-state index contributed by atoms with van der Waals surface area (Å²) in [6, 6.07) is 4.61. The van der Waals surface area contributed by atoms with Gasteiger partial charge >= 0.3 is 0 Å². The molecule has 1 unspecified atom stereocenters. The van der Waals surface area contributed by atoms with E-state index in [1.807, 2.05) is 6.92 Å². The highest BCUT2D eigenvalue weighted by molar-refractivity contribution is 5.73. The molecule has 1 aromatic carbocycles. The van der Waals surface area contributed by atoms with Gasteiger partial charge < -0.3 is 15.8 Å². The quantitative estimate of drug-likeness (QED) is 0.849. The maximum Gasteiger partial charge on any atom is 0.239 e. The number of methoxy groups -OCH3 is 1. The molecule has 21 heavy (non-hydrogen) atoms. The first-order chi connectivity index (χ1) is 9.99. The van der Waals surface area contributed by atoms with Gasteiger partial charge in [-0.3, -0.25) is 9.48 Å². The van der Waals surface area contributed by atoms with Gasteiger partial charge in [0.1, 0.15) is 6.54 Å². The number of nitrogens with one attached hydrogen (secondary N) is 1. The van der Waals surface area contributed by atoms with E-state index in [1.54, 1.807) is 24.5 Å². The highest BCUT2D eigenvalue weighted by atomic mass is 19.1. The van der Waals surface area contributed by atoms with Crippen LogP contribution in [0.4, 0.5) is 10.1 Å². The van der Waals surface area contributed by atoms with E-state index in [2.05, 4.69) is 10.4 Å². The van der Waals surface area contributed by atoms with Crippen molar-refractivity contribution in [2.24, 2.45) is 5.73 Å². The highest BCUT2D eigenvalue weighted by Gasteiger charge is 2.11. The number of nitrogens with two attached hydrogens (primary N) is 1. The fraction of sp³-hybridized carbons (Fsp3) is 0.286. The summed E-state index contributed by atoms with van der Waals surface area (Å²) in [5.74, 6) is -0.658. The molecule has 1 amide bonds. The summed E-state index contributed by atoms with van der Waals surface area (Å²) >= 11 is 0. The number of anilines is 1. The van der Waals surface area contributed by atoms with Crippen LogP contribution in [-0.2, 0) is 11.3 Å². The third-order valence-corrected chi connectivity index (χ3v) is 3.01. The molecule has 1 heterocycles. The Balaban J connectivity index is 2.08. The number of primary amides is 1. The molecule has 112 valence electrons. The minimum Gasteiger partial charge on any atom is -0.494 e. The number of nitrogens with zero attached hydrogens (tertiary/aromatic N) is 2. The van der Waals surface area contributed by atoms with Crippen LogP contribution in [0, 0.1) is 5.82 Å². The molecule has 3 N–H and O–H groups in total. The largest absolute Gasteiger partial charge is 0.494 e. The summed E-state index contributed by atoms with van der Waals surface area (Å²) in [6.45, 7) is 1.96. The SMILES string of the molecule is COc1cc(C(C)Nc2cnn(CC(N)=O)c2)ccc1F. The monoisotopic (exact) mass is 292 g/mol. The minimum atomic E-state index is -0.457. The summed E-state index contributed by atoms with van der Waals surface area (Å²) in [5.41, 5.74) is 6.72. The molecule has 7 heteroatoms. The van der Waals surface area contributed by atoms with Crippen molar-refractivity contribution in [2.45, 2.75) is 19.5 Å². The smallest absolute Gasteiger partial charge is 0.239 e. The number of halogens is 1. The van der Waals surface area contributed by atoms with Gasteiger partial charge in [0.05, 0.1) is 19.0 Å². The van der Waals surface area contributed by atoms with Crippen molar-refractivity contribution < 1.29 is 13.9 Å². The highest BCUT2D eigenvalue weighted by Crippen LogP contribution is 2.24. The lowest BCUT2D eigenvalue weighted by molar-refractivity contribution is -0.118. The van der Waals surface area contributed by atoms with E-state index >= 15 is 0 Å². The zero-order valence-corrected chi connectivity index (χ0v) is 11.8. The maximum absolute atomic E-state index is 13.4. The zero-order valence-electron chi connectivity index (χ0n) is 11.8. The first-order valence-corrected chi connectivity index (χ1v) is 6.40. The Morgan fingerprint density at radius 3 is 3.00 bits per heavy atom. The number of rotatable bonds is 6. The van der Waals surface area contributed by atoms with Crippen molar-refractivity contribution in [3.63, 3.8) is 0 Å². The van der Waals surface area contributed by atoms with Crippen molar-refractivity contribution >= 4 is 11.6 Å². The van der Waals surface area contributed by atoms with Gasteiger partial charge in [-0.05, 0) is 24.6 Å². The van der Waals surface area contributed by atoms with Gasteiger partial charge in [-0.15, -0.1) is 0 Å². The van der Waals surface area contributed by atoms with Gasteiger partial charge in [0, 0.05) is 12.2 Å². The second-order valence-electron chi connectivity index (χ2n) is 4.65. The van der Waals surface area contributed by atoms with Crippen LogP contribution in [0.15, 0.2) is 30.6 Å². The number of carbonyl (C=O) groups is 1. The zero-order chi connectivity index (χ0) is 15.4. The normalized spacial score (nSPS) is 12.0. The molecule has 0 saturated heterocycles. The Morgan fingerprint density at radius 2 is 2.33 bits per heavy atom. The summed E-state index contributed by atoms with van der Waals surface area (Å²) in [5, 5.41) is 7.23. The molecule has 6 nitrogen and oxygen atoms in total. The summed E-state index contributed by atoms with van der Waals surface area (Å²) in [4.78, 5) is 10.8. The van der Waals surface area contributed by atoms with Gasteiger partial charge in [-0.25, -0.2) is 4.39 Å². The molecule has 0 spiro atoms. The Labute approximate surface area is 121 Å². The van der Waals surface area contributed by atoms with E-state index in [-0.39, 0.29) is 18.3 Å². The minimum absolute atomic E-state index is 0.0282. The molecule has 0 aliphatic rings. The van der Waals surface area contributed by atoms with Crippen LogP contribution in [0.2, 0.25) is 0 Å². The fourth-order valence-corrected chi connectivity index (χ4v) is 1.96. The Hall–Kier alpha value is -2.57. The Morgan fingerprint density at radius 1 is 1.57 bits per heavy atom. The van der Waals surface area contributed by atoms with E-state index in [0.717, 1.165) is 11.3 Å². The average molecular weight is 292 g/mol. The van der Waals surface area contributed by atoms with Crippen LogP contribution in [0.3, 0.4) is 0 Å². The Bertz CT molecular complexity index is 642. The van der Waals surface area contributed by atoms with Gasteiger partial charge in [0.25, 0.3) is 0 Å². The first-order valence-electron chi connectivity index (χ1n) is 6.40. The molecule has 0 aliphatic heterocycles. The van der Waals surface area contributed by atoms with Crippen LogP contribution in [0.5, 0.6) is 5.75 Å². The summed E-state index contributed by atoms with van der Waals surface area (Å²) in [7, 11) is 1.42. The van der Waals surface area contributed by atoms with Gasteiger partial charge in [0.15, 0.2) is 11.6 Å². The third kappa shape index (κ3) is 3.71. The molecule has 2 rings (SSSR count). The van der Waals surface area contributed by atoms with Crippen LogP contribution < -0.4 is 15.8 Å². The molecule has 0 fully saturated rings. The lowest BCUT2D eigenvalue weighted by Crippen LogP contribution is -2.18. The van der Waals surface area contributed by atoms with Crippen LogP contribution >= 0.6 is 0 Å². The number of carbonyl (C=O) groups excluding carboxylic acids is 1. The predicted octanol–water partition coefficient (Wildman–Crippen LogP) is 1.69. The molecule has 0 saturated carbocycles. The lowest BCUT2D eigenvalue weighted by atomic mass is 10.1. The topological polar surface area (TPSA) is 82.2 Å². The van der Waals surface area contributed by atoms with E-state index in [4.69, 9.17) is 10.5 Å².